The van der Waals surface area contributed by atoms with E-state index in [1.54, 1.807) is 0 Å². The fourth-order valence-corrected chi connectivity index (χ4v) is 2.09. The number of nitrogens with two attached hydrogens (primary N) is 1. The van der Waals surface area contributed by atoms with Crippen molar-refractivity contribution >= 4 is 10.0 Å². The molecule has 7 heteroatoms. The van der Waals surface area contributed by atoms with Crippen molar-refractivity contribution in [1.82, 2.24) is 0 Å². The zero-order valence-corrected chi connectivity index (χ0v) is 8.59. The summed E-state index contributed by atoms with van der Waals surface area (Å²) in [5.41, 5.74) is 0.260. The van der Waals surface area contributed by atoms with Gasteiger partial charge in [-0.1, -0.05) is 12.1 Å². The topological polar surface area (TPSA) is 69.4 Å². The van der Waals surface area contributed by atoms with E-state index in [1.165, 1.54) is 19.1 Å². The standard InChI is InChI=1S/C8H9F2NO3S/c1-5-3-2-4-6(14-8(9)10)7(5)15(11,12)13/h2-4,8H,1H3,(H2,11,12,13). The summed E-state index contributed by atoms with van der Waals surface area (Å²) in [4.78, 5) is -0.412. The van der Waals surface area contributed by atoms with Gasteiger partial charge in [0, 0.05) is 0 Å². The number of benzene rings is 1. The molecule has 0 amide bonds. The maximum Gasteiger partial charge on any atom is 0.387 e. The Balaban J connectivity index is 3.34. The van der Waals surface area contributed by atoms with Crippen molar-refractivity contribution in [2.24, 2.45) is 5.14 Å². The fraction of sp³-hybridized carbons (Fsp3) is 0.250. The van der Waals surface area contributed by atoms with Crippen molar-refractivity contribution < 1.29 is 21.9 Å². The third kappa shape index (κ3) is 2.87. The Morgan fingerprint density at radius 3 is 2.47 bits per heavy atom. The zero-order chi connectivity index (χ0) is 11.6. The van der Waals surface area contributed by atoms with Crippen LogP contribution in [-0.4, -0.2) is 15.0 Å². The first-order chi connectivity index (χ1) is 6.82. The average Bonchev–Trinajstić information content (AvgIpc) is 1.99. The molecule has 0 aromatic heterocycles. The number of hydrogen-bond acceptors (Lipinski definition) is 3. The van der Waals surface area contributed by atoms with Gasteiger partial charge in [-0.15, -0.1) is 0 Å². The Morgan fingerprint density at radius 2 is 2.00 bits per heavy atom. The second-order valence-corrected chi connectivity index (χ2v) is 4.32. The van der Waals surface area contributed by atoms with Crippen LogP contribution in [0.1, 0.15) is 5.56 Å². The lowest BCUT2D eigenvalue weighted by molar-refractivity contribution is -0.0517. The van der Waals surface area contributed by atoms with Gasteiger partial charge in [-0.3, -0.25) is 0 Å². The zero-order valence-electron chi connectivity index (χ0n) is 7.78. The quantitative estimate of drug-likeness (QED) is 0.859. The molecule has 0 radical (unpaired) electrons. The van der Waals surface area contributed by atoms with Crippen LogP contribution in [0.2, 0.25) is 0 Å². The van der Waals surface area contributed by atoms with Crippen molar-refractivity contribution in [3.05, 3.63) is 23.8 Å². The number of ether oxygens (including phenoxy) is 1. The van der Waals surface area contributed by atoms with Crippen molar-refractivity contribution in [1.29, 1.82) is 0 Å². The summed E-state index contributed by atoms with van der Waals surface area (Å²) < 4.78 is 50.2. The Bertz CT molecular complexity index is 459. The summed E-state index contributed by atoms with van der Waals surface area (Å²) in [5.74, 6) is -0.437. The first-order valence-electron chi connectivity index (χ1n) is 3.89. The van der Waals surface area contributed by atoms with Crippen LogP contribution in [0.4, 0.5) is 8.78 Å². The van der Waals surface area contributed by atoms with Crippen LogP contribution >= 0.6 is 0 Å². The summed E-state index contributed by atoms with van der Waals surface area (Å²) in [6.45, 7) is -1.65. The lowest BCUT2D eigenvalue weighted by Gasteiger charge is -2.10. The molecule has 1 rings (SSSR count). The van der Waals surface area contributed by atoms with E-state index < -0.39 is 27.3 Å². The molecule has 0 atom stereocenters. The summed E-state index contributed by atoms with van der Waals surface area (Å²) in [7, 11) is -4.07. The molecule has 0 saturated carbocycles. The molecule has 0 unspecified atom stereocenters. The highest BCUT2D eigenvalue weighted by Crippen LogP contribution is 2.27. The molecule has 15 heavy (non-hydrogen) atoms. The smallest absolute Gasteiger partial charge is 0.387 e. The van der Waals surface area contributed by atoms with E-state index in [4.69, 9.17) is 5.14 Å². The van der Waals surface area contributed by atoms with Gasteiger partial charge in [0.25, 0.3) is 0 Å². The monoisotopic (exact) mass is 237 g/mol. The molecule has 0 heterocycles. The minimum atomic E-state index is -4.07. The minimum Gasteiger partial charge on any atom is -0.433 e. The number of halogens is 2. The molecule has 0 bridgehead atoms. The Hall–Kier alpha value is -1.21. The van der Waals surface area contributed by atoms with E-state index in [0.717, 1.165) is 6.07 Å². The Morgan fingerprint density at radius 1 is 1.40 bits per heavy atom. The van der Waals surface area contributed by atoms with Crippen molar-refractivity contribution in [3.63, 3.8) is 0 Å². The molecule has 2 N–H and O–H groups in total. The van der Waals surface area contributed by atoms with Crippen molar-refractivity contribution in [2.45, 2.75) is 18.4 Å². The molecule has 84 valence electrons. The number of rotatable bonds is 3. The van der Waals surface area contributed by atoms with Gasteiger partial charge in [0.2, 0.25) is 10.0 Å². The van der Waals surface area contributed by atoms with Crippen molar-refractivity contribution in [2.75, 3.05) is 0 Å². The van der Waals surface area contributed by atoms with Crippen LogP contribution in [0.3, 0.4) is 0 Å². The summed E-state index contributed by atoms with van der Waals surface area (Å²) >= 11 is 0. The van der Waals surface area contributed by atoms with Crippen LogP contribution in [0.5, 0.6) is 5.75 Å². The first kappa shape index (κ1) is 11.9. The molecular weight excluding hydrogens is 228 g/mol. The van der Waals surface area contributed by atoms with Gasteiger partial charge in [0.1, 0.15) is 10.6 Å². The van der Waals surface area contributed by atoms with Crippen molar-refractivity contribution in [3.8, 4) is 5.75 Å². The third-order valence-corrected chi connectivity index (χ3v) is 2.77. The van der Waals surface area contributed by atoms with Crippen LogP contribution in [0.15, 0.2) is 23.1 Å². The normalized spacial score (nSPS) is 11.8. The van der Waals surface area contributed by atoms with Crippen LogP contribution in [-0.2, 0) is 10.0 Å². The Kier molecular flexibility index (Phi) is 3.25. The maximum absolute atomic E-state index is 12.0. The predicted octanol–water partition coefficient (Wildman–Crippen LogP) is 1.24. The second kappa shape index (κ2) is 4.11. The highest BCUT2D eigenvalue weighted by molar-refractivity contribution is 7.89. The molecule has 0 fully saturated rings. The van der Waals surface area contributed by atoms with Gasteiger partial charge in [0.15, 0.2) is 0 Å². The van der Waals surface area contributed by atoms with Gasteiger partial charge in [0.05, 0.1) is 0 Å². The lowest BCUT2D eigenvalue weighted by atomic mass is 10.2. The number of alkyl halides is 2. The number of primary sulfonamides is 1. The van der Waals surface area contributed by atoms with E-state index in [9.17, 15) is 17.2 Å². The summed E-state index contributed by atoms with van der Waals surface area (Å²) in [5, 5.41) is 4.88. The highest BCUT2D eigenvalue weighted by atomic mass is 32.2. The van der Waals surface area contributed by atoms with Gasteiger partial charge in [-0.25, -0.2) is 13.6 Å². The summed E-state index contributed by atoms with van der Waals surface area (Å²) in [6, 6.07) is 3.97. The average molecular weight is 237 g/mol. The SMILES string of the molecule is Cc1cccc(OC(F)F)c1S(N)(=O)=O. The third-order valence-electron chi connectivity index (χ3n) is 1.68. The lowest BCUT2D eigenvalue weighted by Crippen LogP contribution is -2.16. The van der Waals surface area contributed by atoms with Crippen LogP contribution in [0.25, 0.3) is 0 Å². The van der Waals surface area contributed by atoms with Gasteiger partial charge < -0.3 is 4.74 Å². The van der Waals surface area contributed by atoms with E-state index in [0.29, 0.717) is 0 Å². The van der Waals surface area contributed by atoms with E-state index in [2.05, 4.69) is 4.74 Å². The molecule has 0 spiro atoms. The maximum atomic E-state index is 12.0. The van der Waals surface area contributed by atoms with E-state index >= 15 is 0 Å². The number of sulfonamides is 1. The molecule has 1 aromatic rings. The largest absolute Gasteiger partial charge is 0.433 e. The molecule has 0 aliphatic heterocycles. The number of hydrogen-bond donors (Lipinski definition) is 1. The molecule has 0 aliphatic carbocycles. The first-order valence-corrected chi connectivity index (χ1v) is 5.44. The molecule has 1 aromatic carbocycles. The van der Waals surface area contributed by atoms with E-state index in [-0.39, 0.29) is 5.56 Å². The van der Waals surface area contributed by atoms with Gasteiger partial charge in [-0.05, 0) is 18.6 Å². The highest BCUT2D eigenvalue weighted by Gasteiger charge is 2.20. The predicted molar refractivity (Wildman–Crippen MR) is 49.2 cm³/mol. The van der Waals surface area contributed by atoms with Gasteiger partial charge in [-0.2, -0.15) is 8.78 Å². The molecule has 4 nitrogen and oxygen atoms in total. The van der Waals surface area contributed by atoms with Crippen LogP contribution in [0, 0.1) is 6.92 Å². The molecule has 0 saturated heterocycles. The number of aryl methyl sites for hydroxylation is 1. The van der Waals surface area contributed by atoms with Crippen LogP contribution < -0.4 is 9.88 Å². The van der Waals surface area contributed by atoms with Gasteiger partial charge >= 0.3 is 6.61 Å². The summed E-state index contributed by atoms with van der Waals surface area (Å²) in [6.07, 6.45) is 0. The van der Waals surface area contributed by atoms with E-state index in [1.807, 2.05) is 0 Å². The minimum absolute atomic E-state index is 0.260. The second-order valence-electron chi connectivity index (χ2n) is 2.83. The molecule has 0 aliphatic rings. The molecular formula is C8H9F2NO3S. The Labute approximate surface area is 85.7 Å². The fourth-order valence-electron chi connectivity index (χ4n) is 1.18.